The van der Waals surface area contributed by atoms with Gasteiger partial charge in [0, 0.05) is 31.7 Å². The second kappa shape index (κ2) is 9.20. The number of carbonyl (C=O) groups is 2. The molecule has 0 unspecified atom stereocenters. The van der Waals surface area contributed by atoms with Crippen molar-refractivity contribution in [3.05, 3.63) is 23.8 Å². The Kier molecular flexibility index (Phi) is 6.40. The summed E-state index contributed by atoms with van der Waals surface area (Å²) in [6.45, 7) is 3.16. The molecule has 0 bridgehead atoms. The van der Waals surface area contributed by atoms with Gasteiger partial charge in [0.05, 0.1) is 25.2 Å². The van der Waals surface area contributed by atoms with Crippen LogP contribution in [0.2, 0.25) is 0 Å². The Hall–Kier alpha value is -2.36. The van der Waals surface area contributed by atoms with Crippen LogP contribution >= 0.6 is 0 Å². The van der Waals surface area contributed by atoms with Gasteiger partial charge in [-0.05, 0) is 38.1 Å². The Bertz CT molecular complexity index is 780. The molecule has 1 aromatic rings. The molecule has 3 atom stereocenters. The third kappa shape index (κ3) is 4.69. The van der Waals surface area contributed by atoms with Crippen LogP contribution in [-0.2, 0) is 9.53 Å². The van der Waals surface area contributed by atoms with Crippen LogP contribution in [0.25, 0.3) is 0 Å². The highest BCUT2D eigenvalue weighted by Crippen LogP contribution is 2.32. The summed E-state index contributed by atoms with van der Waals surface area (Å²) in [5.74, 6) is 0.998. The molecule has 0 aliphatic carbocycles. The van der Waals surface area contributed by atoms with E-state index in [9.17, 15) is 14.7 Å². The van der Waals surface area contributed by atoms with E-state index in [2.05, 4.69) is 17.3 Å². The van der Waals surface area contributed by atoms with E-state index in [0.29, 0.717) is 36.3 Å². The highest BCUT2D eigenvalue weighted by atomic mass is 16.7. The quantitative estimate of drug-likeness (QED) is 0.704. The van der Waals surface area contributed by atoms with Gasteiger partial charge < -0.3 is 34.4 Å². The molecule has 0 radical (unpaired) electrons. The molecule has 1 aromatic carbocycles. The van der Waals surface area contributed by atoms with Crippen molar-refractivity contribution in [3.63, 3.8) is 0 Å². The largest absolute Gasteiger partial charge is 0.454 e. The monoisotopic (exact) mass is 419 g/mol. The number of nitrogens with zero attached hydrogens (tertiary/aromatic N) is 2. The van der Waals surface area contributed by atoms with Gasteiger partial charge in [0.1, 0.15) is 6.10 Å². The topological polar surface area (TPSA) is 101 Å². The van der Waals surface area contributed by atoms with Crippen molar-refractivity contribution in [1.29, 1.82) is 0 Å². The van der Waals surface area contributed by atoms with Gasteiger partial charge in [-0.3, -0.25) is 9.59 Å². The van der Waals surface area contributed by atoms with E-state index in [0.717, 1.165) is 26.2 Å². The van der Waals surface area contributed by atoms with E-state index in [1.807, 2.05) is 4.90 Å². The maximum Gasteiger partial charge on any atom is 0.251 e. The van der Waals surface area contributed by atoms with E-state index in [-0.39, 0.29) is 37.4 Å². The number of aliphatic hydroxyl groups is 1. The van der Waals surface area contributed by atoms with Gasteiger partial charge >= 0.3 is 0 Å². The number of carbonyl (C=O) groups excluding carboxylic acids is 2. The number of rotatable bonds is 5. The van der Waals surface area contributed by atoms with Gasteiger partial charge in [0.15, 0.2) is 11.5 Å². The van der Waals surface area contributed by atoms with Crippen molar-refractivity contribution in [2.45, 2.75) is 37.5 Å². The van der Waals surface area contributed by atoms with Crippen molar-refractivity contribution < 1.29 is 28.9 Å². The summed E-state index contributed by atoms with van der Waals surface area (Å²) in [4.78, 5) is 29.3. The molecular weight excluding hydrogens is 390 g/mol. The Balaban J connectivity index is 1.30. The minimum Gasteiger partial charge on any atom is -0.454 e. The van der Waals surface area contributed by atoms with E-state index < -0.39 is 6.10 Å². The number of fused-ring (bicyclic) bond motifs is 1. The minimum absolute atomic E-state index is 0.0904. The lowest BCUT2D eigenvalue weighted by Crippen LogP contribution is -2.52. The molecule has 3 aliphatic heterocycles. The molecule has 2 amide bonds. The zero-order chi connectivity index (χ0) is 21.1. The normalized spacial score (nSPS) is 26.5. The van der Waals surface area contributed by atoms with Crippen LogP contribution in [0.3, 0.4) is 0 Å². The molecular formula is C21H29N3O6. The molecule has 30 heavy (non-hydrogen) atoms. The zero-order valence-corrected chi connectivity index (χ0v) is 17.2. The highest BCUT2D eigenvalue weighted by Gasteiger charge is 2.34. The number of ether oxygens (including phenoxy) is 3. The third-order valence-corrected chi connectivity index (χ3v) is 6.01. The maximum atomic E-state index is 12.7. The molecule has 3 heterocycles. The molecule has 0 aromatic heterocycles. The Morgan fingerprint density at radius 3 is 2.67 bits per heavy atom. The molecule has 9 heteroatoms. The molecule has 2 fully saturated rings. The van der Waals surface area contributed by atoms with Crippen LogP contribution in [0.1, 0.15) is 29.6 Å². The second-order valence-corrected chi connectivity index (χ2v) is 8.09. The number of piperazine rings is 1. The van der Waals surface area contributed by atoms with Crippen molar-refractivity contribution >= 4 is 11.8 Å². The van der Waals surface area contributed by atoms with E-state index in [4.69, 9.17) is 14.2 Å². The number of hydrogen-bond acceptors (Lipinski definition) is 7. The first-order valence-electron chi connectivity index (χ1n) is 10.5. The number of amides is 2. The third-order valence-electron chi connectivity index (χ3n) is 6.01. The summed E-state index contributed by atoms with van der Waals surface area (Å²) >= 11 is 0. The zero-order valence-electron chi connectivity index (χ0n) is 17.2. The summed E-state index contributed by atoms with van der Waals surface area (Å²) in [7, 11) is 2.05. The fourth-order valence-electron chi connectivity index (χ4n) is 4.12. The number of nitrogens with one attached hydrogen (secondary N) is 1. The predicted octanol–water partition coefficient (Wildman–Crippen LogP) is 0.218. The average Bonchev–Trinajstić information content (AvgIpc) is 3.23. The van der Waals surface area contributed by atoms with Gasteiger partial charge in [-0.1, -0.05) is 0 Å². The van der Waals surface area contributed by atoms with Crippen molar-refractivity contribution in [2.24, 2.45) is 0 Å². The summed E-state index contributed by atoms with van der Waals surface area (Å²) in [6, 6.07) is 4.71. The average molecular weight is 419 g/mol. The van der Waals surface area contributed by atoms with Crippen LogP contribution in [0.5, 0.6) is 11.5 Å². The summed E-state index contributed by atoms with van der Waals surface area (Å²) in [5.41, 5.74) is 0.461. The smallest absolute Gasteiger partial charge is 0.251 e. The standard InChI is InChI=1S/C21H29N3O6/c1-23-6-8-24(9-7-23)20(26)11-15-3-4-16(19(12-25)30-15)22-21(27)14-2-5-17-18(10-14)29-13-28-17/h2,5,10,15-16,19,25H,3-4,6-9,11-13H2,1H3,(H,22,27)/t15-,16+,19+/m1/s1. The number of likely N-dealkylation sites (N-methyl/N-ethyl adjacent to an activating group) is 1. The lowest BCUT2D eigenvalue weighted by molar-refractivity contribution is -0.141. The van der Waals surface area contributed by atoms with Crippen LogP contribution in [0.4, 0.5) is 0 Å². The summed E-state index contributed by atoms with van der Waals surface area (Å²) in [5, 5.41) is 12.7. The molecule has 0 spiro atoms. The number of aliphatic hydroxyl groups excluding tert-OH is 1. The van der Waals surface area contributed by atoms with Gasteiger partial charge in [0.2, 0.25) is 12.7 Å². The van der Waals surface area contributed by atoms with Crippen molar-refractivity contribution in [1.82, 2.24) is 15.1 Å². The van der Waals surface area contributed by atoms with Gasteiger partial charge in [-0.2, -0.15) is 0 Å². The second-order valence-electron chi connectivity index (χ2n) is 8.09. The van der Waals surface area contributed by atoms with Gasteiger partial charge in [-0.25, -0.2) is 0 Å². The molecule has 2 N–H and O–H groups in total. The Morgan fingerprint density at radius 2 is 1.90 bits per heavy atom. The summed E-state index contributed by atoms with van der Waals surface area (Å²) in [6.07, 6.45) is 0.822. The van der Waals surface area contributed by atoms with E-state index in [1.54, 1.807) is 18.2 Å². The highest BCUT2D eigenvalue weighted by molar-refractivity contribution is 5.95. The van der Waals surface area contributed by atoms with Gasteiger partial charge in [-0.15, -0.1) is 0 Å². The lowest BCUT2D eigenvalue weighted by Gasteiger charge is -2.37. The first kappa shape index (κ1) is 20.9. The van der Waals surface area contributed by atoms with E-state index in [1.165, 1.54) is 0 Å². The molecule has 164 valence electrons. The van der Waals surface area contributed by atoms with Crippen LogP contribution in [0.15, 0.2) is 18.2 Å². The lowest BCUT2D eigenvalue weighted by atomic mass is 9.96. The Labute approximate surface area is 175 Å². The Morgan fingerprint density at radius 1 is 1.13 bits per heavy atom. The predicted molar refractivity (Wildman–Crippen MR) is 107 cm³/mol. The first-order valence-corrected chi connectivity index (χ1v) is 10.5. The maximum absolute atomic E-state index is 12.7. The molecule has 9 nitrogen and oxygen atoms in total. The van der Waals surface area contributed by atoms with E-state index >= 15 is 0 Å². The van der Waals surface area contributed by atoms with Crippen LogP contribution in [-0.4, -0.2) is 91.6 Å². The fourth-order valence-corrected chi connectivity index (χ4v) is 4.12. The molecule has 2 saturated heterocycles. The van der Waals surface area contributed by atoms with Gasteiger partial charge in [0.25, 0.3) is 5.91 Å². The molecule has 3 aliphatic rings. The first-order chi connectivity index (χ1) is 14.5. The molecule has 4 rings (SSSR count). The van der Waals surface area contributed by atoms with Crippen LogP contribution in [0, 0.1) is 0 Å². The van der Waals surface area contributed by atoms with Crippen molar-refractivity contribution in [2.75, 3.05) is 46.6 Å². The SMILES string of the molecule is CN1CCN(C(=O)C[C@H]2CC[C@H](NC(=O)c3ccc4c(c3)OCO4)[C@H](CO)O2)CC1. The number of hydrogen-bond donors (Lipinski definition) is 2. The fraction of sp³-hybridized carbons (Fsp3) is 0.619. The van der Waals surface area contributed by atoms with Crippen molar-refractivity contribution in [3.8, 4) is 11.5 Å². The minimum atomic E-state index is -0.540. The van der Waals surface area contributed by atoms with Crippen LogP contribution < -0.4 is 14.8 Å². The molecule has 0 saturated carbocycles. The number of benzene rings is 1. The summed E-state index contributed by atoms with van der Waals surface area (Å²) < 4.78 is 16.6.